The first-order valence-electron chi connectivity index (χ1n) is 11.0. The van der Waals surface area contributed by atoms with Gasteiger partial charge in [0.2, 0.25) is 5.91 Å². The molecule has 0 saturated heterocycles. The summed E-state index contributed by atoms with van der Waals surface area (Å²) in [6, 6.07) is 1.40. The molecule has 6 nitrogen and oxygen atoms in total. The summed E-state index contributed by atoms with van der Waals surface area (Å²) >= 11 is 0. The summed E-state index contributed by atoms with van der Waals surface area (Å²) in [6.07, 6.45) is 14.2. The number of carbonyl (C=O) groups excluding carboxylic acids is 1. The number of carbonyl (C=O) groups is 1. The normalized spacial score (nSPS) is 17.5. The molecule has 1 amide bonds. The van der Waals surface area contributed by atoms with Crippen LogP contribution in [0.1, 0.15) is 75.6 Å². The Morgan fingerprint density at radius 1 is 1.21 bits per heavy atom. The highest BCUT2D eigenvalue weighted by Crippen LogP contribution is 2.22. The smallest absolute Gasteiger partial charge is 0.263 e. The molecular weight excluding hydrogens is 364 g/mol. The largest absolute Gasteiger partial charge is 0.354 e. The van der Waals surface area contributed by atoms with Gasteiger partial charge >= 0.3 is 0 Å². The van der Waals surface area contributed by atoms with E-state index in [1.54, 1.807) is 0 Å². The second-order valence-electron chi connectivity index (χ2n) is 8.20. The average Bonchev–Trinajstić information content (AvgIpc) is 2.75. The van der Waals surface area contributed by atoms with Crippen molar-refractivity contribution in [2.45, 2.75) is 77.2 Å². The molecular formula is C23H30N4O2. The van der Waals surface area contributed by atoms with E-state index in [0.29, 0.717) is 24.0 Å². The van der Waals surface area contributed by atoms with Crippen LogP contribution in [0.25, 0.3) is 11.0 Å². The maximum absolute atomic E-state index is 13.1. The topological polar surface area (TPSA) is 76.9 Å². The molecule has 6 heteroatoms. The van der Waals surface area contributed by atoms with Gasteiger partial charge in [-0.2, -0.15) is 0 Å². The Labute approximate surface area is 171 Å². The summed E-state index contributed by atoms with van der Waals surface area (Å²) in [6.45, 7) is 2.54. The minimum atomic E-state index is -0.546. The highest BCUT2D eigenvalue weighted by atomic mass is 16.2. The molecule has 0 saturated carbocycles. The molecule has 0 fully saturated rings. The lowest BCUT2D eigenvalue weighted by Crippen LogP contribution is -2.37. The lowest BCUT2D eigenvalue weighted by atomic mass is 9.95. The number of allylic oxidation sites excluding steroid dienone is 1. The lowest BCUT2D eigenvalue weighted by Gasteiger charge is -2.19. The predicted molar refractivity (Wildman–Crippen MR) is 114 cm³/mol. The van der Waals surface area contributed by atoms with Crippen LogP contribution in [0.5, 0.6) is 0 Å². The van der Waals surface area contributed by atoms with Crippen LogP contribution in [-0.4, -0.2) is 27.0 Å². The fraction of sp³-hybridized carbons (Fsp3) is 0.565. The molecule has 4 rings (SSSR count). The zero-order chi connectivity index (χ0) is 20.2. The van der Waals surface area contributed by atoms with Crippen molar-refractivity contribution in [1.29, 1.82) is 0 Å². The van der Waals surface area contributed by atoms with Gasteiger partial charge in [-0.25, -0.2) is 9.97 Å². The molecule has 154 valence electrons. The molecule has 29 heavy (non-hydrogen) atoms. The number of aryl methyl sites for hydroxylation is 2. The van der Waals surface area contributed by atoms with Gasteiger partial charge in [-0.3, -0.25) is 14.2 Å². The first-order chi connectivity index (χ1) is 14.2. The van der Waals surface area contributed by atoms with Gasteiger partial charge in [0.05, 0.1) is 5.39 Å². The van der Waals surface area contributed by atoms with Gasteiger partial charge < -0.3 is 5.32 Å². The van der Waals surface area contributed by atoms with Crippen LogP contribution in [0.4, 0.5) is 0 Å². The fourth-order valence-corrected chi connectivity index (χ4v) is 4.51. The Kier molecular flexibility index (Phi) is 6.07. The summed E-state index contributed by atoms with van der Waals surface area (Å²) in [5.41, 5.74) is 3.97. The Balaban J connectivity index is 1.53. The second kappa shape index (κ2) is 8.89. The van der Waals surface area contributed by atoms with Gasteiger partial charge in [-0.1, -0.05) is 18.6 Å². The molecule has 0 bridgehead atoms. The maximum Gasteiger partial charge on any atom is 0.263 e. The van der Waals surface area contributed by atoms with Crippen LogP contribution in [0.3, 0.4) is 0 Å². The van der Waals surface area contributed by atoms with Crippen LogP contribution in [0.2, 0.25) is 0 Å². The first-order valence-corrected chi connectivity index (χ1v) is 11.0. The molecule has 2 aliphatic rings. The number of amides is 1. The van der Waals surface area contributed by atoms with Crippen LogP contribution < -0.4 is 10.9 Å². The highest BCUT2D eigenvalue weighted by molar-refractivity contribution is 5.81. The number of nitrogens with zero attached hydrogens (tertiary/aromatic N) is 3. The van der Waals surface area contributed by atoms with Crippen molar-refractivity contribution in [2.75, 3.05) is 6.54 Å². The molecule has 2 aromatic heterocycles. The molecule has 0 aromatic carbocycles. The molecule has 0 spiro atoms. The third-order valence-corrected chi connectivity index (χ3v) is 6.21. The summed E-state index contributed by atoms with van der Waals surface area (Å²) in [5, 5.41) is 3.54. The van der Waals surface area contributed by atoms with E-state index < -0.39 is 6.04 Å². The van der Waals surface area contributed by atoms with E-state index in [0.717, 1.165) is 56.2 Å². The second-order valence-corrected chi connectivity index (χ2v) is 8.20. The number of hydrogen-bond donors (Lipinski definition) is 1. The minimum absolute atomic E-state index is 0.113. The Morgan fingerprint density at radius 3 is 2.83 bits per heavy atom. The molecule has 2 aromatic rings. The average molecular weight is 395 g/mol. The summed E-state index contributed by atoms with van der Waals surface area (Å²) in [5.74, 6) is -0.113. The van der Waals surface area contributed by atoms with Crippen LogP contribution in [0.15, 0.2) is 28.8 Å². The Morgan fingerprint density at radius 2 is 2.03 bits per heavy atom. The number of rotatable bonds is 6. The van der Waals surface area contributed by atoms with Crippen LogP contribution >= 0.6 is 0 Å². The zero-order valence-corrected chi connectivity index (χ0v) is 17.2. The third kappa shape index (κ3) is 4.26. The SMILES string of the molecule is CCC(C(=O)NCCC1=CCCCC1)n1cnc2nc3c(cc2c1=O)CCCC3. The standard InChI is InChI=1S/C23H30N4O2/c1-2-20(22(28)24-13-12-16-8-4-3-5-9-16)27-15-25-21-18(23(27)29)14-17-10-6-7-11-19(17)26-21/h8,14-15,20H,2-7,9-13H2,1H3,(H,24,28). The van der Waals surface area contributed by atoms with Gasteiger partial charge in [0.1, 0.15) is 12.4 Å². The van der Waals surface area contributed by atoms with Crippen LogP contribution in [0, 0.1) is 0 Å². The maximum atomic E-state index is 13.1. The lowest BCUT2D eigenvalue weighted by molar-refractivity contribution is -0.124. The van der Waals surface area contributed by atoms with Gasteiger partial charge in [0, 0.05) is 12.2 Å². The van der Waals surface area contributed by atoms with Crippen molar-refractivity contribution < 1.29 is 4.79 Å². The molecule has 1 atom stereocenters. The number of hydrogen-bond acceptors (Lipinski definition) is 4. The van der Waals surface area contributed by atoms with Gasteiger partial charge in [0.25, 0.3) is 5.56 Å². The van der Waals surface area contributed by atoms with E-state index in [4.69, 9.17) is 0 Å². The van der Waals surface area contributed by atoms with Gasteiger partial charge in [-0.15, -0.1) is 0 Å². The van der Waals surface area contributed by atoms with E-state index in [1.165, 1.54) is 29.3 Å². The van der Waals surface area contributed by atoms with Crippen molar-refractivity contribution in [2.24, 2.45) is 0 Å². The Bertz CT molecular complexity index is 992. The zero-order valence-electron chi connectivity index (χ0n) is 17.2. The van der Waals surface area contributed by atoms with Crippen molar-refractivity contribution in [3.8, 4) is 0 Å². The van der Waals surface area contributed by atoms with E-state index in [1.807, 2.05) is 13.0 Å². The number of aromatic nitrogens is 3. The summed E-state index contributed by atoms with van der Waals surface area (Å²) in [4.78, 5) is 35.0. The van der Waals surface area contributed by atoms with E-state index in [2.05, 4.69) is 21.4 Å². The summed E-state index contributed by atoms with van der Waals surface area (Å²) in [7, 11) is 0. The first kappa shape index (κ1) is 19.8. The number of fused-ring (bicyclic) bond motifs is 2. The van der Waals surface area contributed by atoms with Gasteiger partial charge in [-0.05, 0) is 75.8 Å². The molecule has 0 aliphatic heterocycles. The summed E-state index contributed by atoms with van der Waals surface area (Å²) < 4.78 is 1.48. The van der Waals surface area contributed by atoms with Gasteiger partial charge in [0.15, 0.2) is 5.65 Å². The van der Waals surface area contributed by atoms with E-state index in [9.17, 15) is 9.59 Å². The number of nitrogens with one attached hydrogen (secondary N) is 1. The number of pyridine rings is 1. The molecule has 0 radical (unpaired) electrons. The van der Waals surface area contributed by atoms with Crippen molar-refractivity contribution in [1.82, 2.24) is 19.9 Å². The monoisotopic (exact) mass is 394 g/mol. The van der Waals surface area contributed by atoms with Crippen molar-refractivity contribution in [3.05, 3.63) is 45.7 Å². The predicted octanol–water partition coefficient (Wildman–Crippen LogP) is 3.63. The fourth-order valence-electron chi connectivity index (χ4n) is 4.51. The quantitative estimate of drug-likeness (QED) is 0.759. The molecule has 2 heterocycles. The molecule has 1 N–H and O–H groups in total. The molecule has 2 aliphatic carbocycles. The van der Waals surface area contributed by atoms with E-state index >= 15 is 0 Å². The Hall–Kier alpha value is -2.50. The highest BCUT2D eigenvalue weighted by Gasteiger charge is 2.22. The molecule has 1 unspecified atom stereocenters. The van der Waals surface area contributed by atoms with Crippen LogP contribution in [-0.2, 0) is 17.6 Å². The van der Waals surface area contributed by atoms with Crippen molar-refractivity contribution in [3.63, 3.8) is 0 Å². The third-order valence-electron chi connectivity index (χ3n) is 6.21. The van der Waals surface area contributed by atoms with E-state index in [-0.39, 0.29) is 11.5 Å². The van der Waals surface area contributed by atoms with Crippen molar-refractivity contribution >= 4 is 16.9 Å². The minimum Gasteiger partial charge on any atom is -0.354 e.